The van der Waals surface area contributed by atoms with Crippen LogP contribution in [0.4, 0.5) is 0 Å². The maximum atomic E-state index is 11.9. The van der Waals surface area contributed by atoms with Crippen LogP contribution in [0.15, 0.2) is 41.3 Å². The zero-order valence-electron chi connectivity index (χ0n) is 11.8. The van der Waals surface area contributed by atoms with Crippen molar-refractivity contribution in [3.05, 3.63) is 41.4 Å². The van der Waals surface area contributed by atoms with E-state index in [1.807, 2.05) is 43.3 Å². The second-order valence-electron chi connectivity index (χ2n) is 4.86. The highest BCUT2D eigenvalue weighted by Crippen LogP contribution is 2.33. The standard InChI is InChI=1S/C16H18ClNO2S/c1-11(8-9-19)18-15(20)10-21-14-7-3-5-12-4-2-6-13(17)16(12)14/h2-7,11,19H,8-10H2,1H3,(H,18,20)/t11-/m1/s1. The third-order valence-electron chi connectivity index (χ3n) is 3.14. The summed E-state index contributed by atoms with van der Waals surface area (Å²) in [5.41, 5.74) is 0. The summed E-state index contributed by atoms with van der Waals surface area (Å²) in [5.74, 6) is 0.296. The number of halogens is 1. The Hall–Kier alpha value is -1.23. The molecule has 0 aliphatic carbocycles. The molecule has 0 aromatic heterocycles. The van der Waals surface area contributed by atoms with Crippen molar-refractivity contribution in [2.75, 3.05) is 12.4 Å². The Balaban J connectivity index is 2.05. The highest BCUT2D eigenvalue weighted by Gasteiger charge is 2.10. The molecular weight excluding hydrogens is 306 g/mol. The molecule has 21 heavy (non-hydrogen) atoms. The quantitative estimate of drug-likeness (QED) is 0.800. The third kappa shape index (κ3) is 4.37. The highest BCUT2D eigenvalue weighted by atomic mass is 35.5. The van der Waals surface area contributed by atoms with E-state index < -0.39 is 0 Å². The van der Waals surface area contributed by atoms with Gasteiger partial charge in [0.15, 0.2) is 0 Å². The number of hydrogen-bond donors (Lipinski definition) is 2. The summed E-state index contributed by atoms with van der Waals surface area (Å²) in [5, 5.41) is 14.5. The number of hydrogen-bond acceptors (Lipinski definition) is 3. The smallest absolute Gasteiger partial charge is 0.230 e. The number of carbonyl (C=O) groups excluding carboxylic acids is 1. The summed E-state index contributed by atoms with van der Waals surface area (Å²) < 4.78 is 0. The number of rotatable bonds is 6. The molecule has 5 heteroatoms. The molecule has 0 saturated heterocycles. The minimum absolute atomic E-state index is 0.0146. The van der Waals surface area contributed by atoms with Crippen molar-refractivity contribution in [1.82, 2.24) is 5.32 Å². The number of aliphatic hydroxyl groups is 1. The fraction of sp³-hybridized carbons (Fsp3) is 0.312. The van der Waals surface area contributed by atoms with Crippen LogP contribution in [0.25, 0.3) is 10.8 Å². The van der Waals surface area contributed by atoms with Gasteiger partial charge in [-0.05, 0) is 30.9 Å². The predicted octanol–water partition coefficient (Wildman–Crippen LogP) is 3.47. The molecule has 112 valence electrons. The minimum atomic E-state index is -0.0370. The minimum Gasteiger partial charge on any atom is -0.396 e. The van der Waals surface area contributed by atoms with Gasteiger partial charge in [-0.3, -0.25) is 4.79 Å². The lowest BCUT2D eigenvalue weighted by Gasteiger charge is -2.13. The molecular formula is C16H18ClNO2S. The van der Waals surface area contributed by atoms with E-state index in [1.54, 1.807) is 0 Å². The first kappa shape index (κ1) is 16.1. The van der Waals surface area contributed by atoms with Crippen LogP contribution in [-0.4, -0.2) is 29.4 Å². The fourth-order valence-electron chi connectivity index (χ4n) is 2.11. The molecule has 0 spiro atoms. The summed E-state index contributed by atoms with van der Waals surface area (Å²) in [7, 11) is 0. The molecule has 2 N–H and O–H groups in total. The maximum absolute atomic E-state index is 11.9. The lowest BCUT2D eigenvalue weighted by Crippen LogP contribution is -2.34. The van der Waals surface area contributed by atoms with Gasteiger partial charge in [-0.15, -0.1) is 11.8 Å². The summed E-state index contributed by atoms with van der Waals surface area (Å²) >= 11 is 7.73. The lowest BCUT2D eigenvalue weighted by molar-refractivity contribution is -0.119. The van der Waals surface area contributed by atoms with Crippen LogP contribution in [0.5, 0.6) is 0 Å². The van der Waals surface area contributed by atoms with E-state index in [4.69, 9.17) is 16.7 Å². The number of aliphatic hydroxyl groups excluding tert-OH is 1. The van der Waals surface area contributed by atoms with Gasteiger partial charge in [-0.25, -0.2) is 0 Å². The molecule has 0 aliphatic heterocycles. The van der Waals surface area contributed by atoms with E-state index in [9.17, 15) is 4.79 Å². The molecule has 3 nitrogen and oxygen atoms in total. The fourth-order valence-corrected chi connectivity index (χ4v) is 3.36. The average molecular weight is 324 g/mol. The van der Waals surface area contributed by atoms with Crippen molar-refractivity contribution in [2.45, 2.75) is 24.3 Å². The maximum Gasteiger partial charge on any atom is 0.230 e. The van der Waals surface area contributed by atoms with Crippen molar-refractivity contribution < 1.29 is 9.90 Å². The molecule has 0 fully saturated rings. The van der Waals surface area contributed by atoms with Gasteiger partial charge in [0.05, 0.1) is 5.75 Å². The van der Waals surface area contributed by atoms with Gasteiger partial charge in [0.2, 0.25) is 5.91 Å². The Kier molecular flexibility index (Phi) is 5.91. The van der Waals surface area contributed by atoms with Crippen molar-refractivity contribution in [2.24, 2.45) is 0 Å². The Morgan fingerprint density at radius 2 is 2.05 bits per heavy atom. The van der Waals surface area contributed by atoms with Crippen LogP contribution < -0.4 is 5.32 Å². The van der Waals surface area contributed by atoms with E-state index in [0.717, 1.165) is 15.7 Å². The van der Waals surface area contributed by atoms with Crippen LogP contribution in [0.2, 0.25) is 5.02 Å². The van der Waals surface area contributed by atoms with Crippen LogP contribution >= 0.6 is 23.4 Å². The average Bonchev–Trinajstić information content (AvgIpc) is 2.45. The predicted molar refractivity (Wildman–Crippen MR) is 89.0 cm³/mol. The van der Waals surface area contributed by atoms with Crippen molar-refractivity contribution >= 4 is 40.0 Å². The van der Waals surface area contributed by atoms with Gasteiger partial charge in [-0.1, -0.05) is 35.9 Å². The van der Waals surface area contributed by atoms with Crippen LogP contribution in [0, 0.1) is 0 Å². The summed E-state index contributed by atoms with van der Waals surface area (Å²) in [6, 6.07) is 11.7. The van der Waals surface area contributed by atoms with Gasteiger partial charge in [0.1, 0.15) is 0 Å². The molecule has 2 aromatic rings. The molecule has 1 amide bonds. The van der Waals surface area contributed by atoms with E-state index in [0.29, 0.717) is 17.2 Å². The molecule has 2 rings (SSSR count). The highest BCUT2D eigenvalue weighted by molar-refractivity contribution is 8.00. The number of benzene rings is 2. The first-order valence-corrected chi connectivity index (χ1v) is 8.18. The Labute approximate surface area is 133 Å². The van der Waals surface area contributed by atoms with Crippen LogP contribution in [0.1, 0.15) is 13.3 Å². The second-order valence-corrected chi connectivity index (χ2v) is 6.29. The summed E-state index contributed by atoms with van der Waals surface area (Å²) in [4.78, 5) is 12.9. The second kappa shape index (κ2) is 7.69. The molecule has 0 bridgehead atoms. The summed E-state index contributed by atoms with van der Waals surface area (Å²) in [6.07, 6.45) is 0.566. The van der Waals surface area contributed by atoms with Gasteiger partial charge in [-0.2, -0.15) is 0 Å². The Morgan fingerprint density at radius 1 is 1.33 bits per heavy atom. The molecule has 0 heterocycles. The first-order chi connectivity index (χ1) is 10.1. The lowest BCUT2D eigenvalue weighted by atomic mass is 10.1. The van der Waals surface area contributed by atoms with E-state index >= 15 is 0 Å². The Bertz CT molecular complexity index is 627. The molecule has 0 saturated carbocycles. The molecule has 2 aromatic carbocycles. The largest absolute Gasteiger partial charge is 0.396 e. The van der Waals surface area contributed by atoms with Gasteiger partial charge < -0.3 is 10.4 Å². The van der Waals surface area contributed by atoms with Gasteiger partial charge in [0.25, 0.3) is 0 Å². The molecule has 0 unspecified atom stereocenters. The number of nitrogens with one attached hydrogen (secondary N) is 1. The van der Waals surface area contributed by atoms with Crippen LogP contribution in [0.3, 0.4) is 0 Å². The van der Waals surface area contributed by atoms with E-state index in [-0.39, 0.29) is 18.6 Å². The number of fused-ring (bicyclic) bond motifs is 1. The van der Waals surface area contributed by atoms with E-state index in [1.165, 1.54) is 11.8 Å². The topological polar surface area (TPSA) is 49.3 Å². The number of thioether (sulfide) groups is 1. The molecule has 1 atom stereocenters. The normalized spacial score (nSPS) is 12.3. The molecule has 0 aliphatic rings. The zero-order chi connectivity index (χ0) is 15.2. The third-order valence-corrected chi connectivity index (χ3v) is 4.52. The Morgan fingerprint density at radius 3 is 2.76 bits per heavy atom. The van der Waals surface area contributed by atoms with E-state index in [2.05, 4.69) is 5.32 Å². The van der Waals surface area contributed by atoms with Gasteiger partial charge in [0, 0.05) is 28.0 Å². The van der Waals surface area contributed by atoms with Crippen LogP contribution in [-0.2, 0) is 4.79 Å². The van der Waals surface area contributed by atoms with Crippen molar-refractivity contribution in [3.63, 3.8) is 0 Å². The van der Waals surface area contributed by atoms with Crippen molar-refractivity contribution in [1.29, 1.82) is 0 Å². The number of amides is 1. The number of carbonyl (C=O) groups is 1. The monoisotopic (exact) mass is 323 g/mol. The first-order valence-electron chi connectivity index (χ1n) is 6.82. The molecule has 0 radical (unpaired) electrons. The zero-order valence-corrected chi connectivity index (χ0v) is 13.4. The summed E-state index contributed by atoms with van der Waals surface area (Å²) in [6.45, 7) is 1.96. The van der Waals surface area contributed by atoms with Crippen molar-refractivity contribution in [3.8, 4) is 0 Å². The SMILES string of the molecule is C[C@H](CCO)NC(=O)CSc1cccc2cccc(Cl)c12. The van der Waals surface area contributed by atoms with Gasteiger partial charge >= 0.3 is 0 Å².